The molecule has 0 aliphatic heterocycles. The summed E-state index contributed by atoms with van der Waals surface area (Å²) in [5, 5.41) is 5.72. The third kappa shape index (κ3) is 5.28. The number of halogens is 1. The summed E-state index contributed by atoms with van der Waals surface area (Å²) in [6.07, 6.45) is 0. The number of hydrogen-bond donors (Lipinski definition) is 3. The molecule has 5 nitrogen and oxygen atoms in total. The van der Waals surface area contributed by atoms with Gasteiger partial charge in [0.15, 0.2) is 0 Å². The van der Waals surface area contributed by atoms with E-state index < -0.39 is 6.04 Å². The van der Waals surface area contributed by atoms with Crippen LogP contribution < -0.4 is 16.4 Å². The normalized spacial score (nSPS) is 12.1. The molecule has 1 aromatic rings. The van der Waals surface area contributed by atoms with Crippen LogP contribution in [0.5, 0.6) is 0 Å². The molecular formula is C13H18ClN3O2. The summed E-state index contributed by atoms with van der Waals surface area (Å²) >= 11 is 5.73. The van der Waals surface area contributed by atoms with Crippen LogP contribution in [-0.2, 0) is 9.59 Å². The Bertz CT molecular complexity index is 446. The van der Waals surface area contributed by atoms with E-state index in [1.54, 1.807) is 24.3 Å². The molecule has 0 spiro atoms. The Kier molecular flexibility index (Phi) is 5.79. The minimum atomic E-state index is -0.608. The third-order valence-electron chi connectivity index (χ3n) is 2.57. The van der Waals surface area contributed by atoms with E-state index in [0.29, 0.717) is 10.7 Å². The maximum absolute atomic E-state index is 11.6. The second-order valence-electron chi connectivity index (χ2n) is 4.54. The fourth-order valence-electron chi connectivity index (χ4n) is 1.33. The highest BCUT2D eigenvalue weighted by atomic mass is 35.5. The van der Waals surface area contributed by atoms with Gasteiger partial charge in [0.05, 0.1) is 12.6 Å². The van der Waals surface area contributed by atoms with Crippen LogP contribution in [0.15, 0.2) is 24.3 Å². The first-order valence-corrected chi connectivity index (χ1v) is 6.36. The lowest BCUT2D eigenvalue weighted by Crippen LogP contribution is -2.46. The zero-order chi connectivity index (χ0) is 14.4. The number of anilines is 1. The van der Waals surface area contributed by atoms with Gasteiger partial charge in [-0.2, -0.15) is 0 Å². The number of nitrogens with one attached hydrogen (secondary N) is 2. The third-order valence-corrected chi connectivity index (χ3v) is 2.82. The molecular weight excluding hydrogens is 266 g/mol. The molecule has 0 aliphatic carbocycles. The summed E-state index contributed by atoms with van der Waals surface area (Å²) in [7, 11) is 0. The molecule has 0 aliphatic rings. The SMILES string of the molecule is CC(C)[C@H](N)C(=O)NCC(=O)Nc1ccc(Cl)cc1. The van der Waals surface area contributed by atoms with Crippen molar-refractivity contribution in [2.45, 2.75) is 19.9 Å². The van der Waals surface area contributed by atoms with E-state index in [-0.39, 0.29) is 24.3 Å². The molecule has 0 bridgehead atoms. The second kappa shape index (κ2) is 7.11. The Labute approximate surface area is 117 Å². The Hall–Kier alpha value is -1.59. The lowest BCUT2D eigenvalue weighted by molar-refractivity contribution is -0.125. The average molecular weight is 284 g/mol. The van der Waals surface area contributed by atoms with Crippen LogP contribution >= 0.6 is 11.6 Å². The fourth-order valence-corrected chi connectivity index (χ4v) is 1.45. The van der Waals surface area contributed by atoms with Crippen molar-refractivity contribution in [3.8, 4) is 0 Å². The molecule has 0 radical (unpaired) electrons. The van der Waals surface area contributed by atoms with Crippen molar-refractivity contribution < 1.29 is 9.59 Å². The highest BCUT2D eigenvalue weighted by Gasteiger charge is 2.17. The number of carbonyl (C=O) groups is 2. The van der Waals surface area contributed by atoms with Gasteiger partial charge in [-0.15, -0.1) is 0 Å². The summed E-state index contributed by atoms with van der Waals surface area (Å²) in [5.74, 6) is -0.618. The van der Waals surface area contributed by atoms with E-state index in [4.69, 9.17) is 17.3 Å². The average Bonchev–Trinajstić information content (AvgIpc) is 2.37. The van der Waals surface area contributed by atoms with Crippen molar-refractivity contribution in [2.24, 2.45) is 11.7 Å². The molecule has 2 amide bonds. The minimum Gasteiger partial charge on any atom is -0.346 e. The number of amides is 2. The van der Waals surface area contributed by atoms with Crippen molar-refractivity contribution in [3.63, 3.8) is 0 Å². The molecule has 1 atom stereocenters. The minimum absolute atomic E-state index is 0.0272. The fraction of sp³-hybridized carbons (Fsp3) is 0.385. The molecule has 104 valence electrons. The lowest BCUT2D eigenvalue weighted by Gasteiger charge is -2.15. The van der Waals surface area contributed by atoms with Crippen molar-refractivity contribution in [1.29, 1.82) is 0 Å². The molecule has 0 fully saturated rings. The van der Waals surface area contributed by atoms with E-state index in [1.165, 1.54) is 0 Å². The van der Waals surface area contributed by atoms with Gasteiger partial charge in [0.1, 0.15) is 0 Å². The van der Waals surface area contributed by atoms with E-state index in [2.05, 4.69) is 10.6 Å². The Morgan fingerprint density at radius 1 is 1.26 bits per heavy atom. The molecule has 0 heterocycles. The first-order valence-electron chi connectivity index (χ1n) is 5.99. The predicted octanol–water partition coefficient (Wildman–Crippen LogP) is 1.38. The van der Waals surface area contributed by atoms with Crippen LogP contribution in [0.4, 0.5) is 5.69 Å². The molecule has 0 saturated heterocycles. The van der Waals surface area contributed by atoms with E-state index >= 15 is 0 Å². The Balaban J connectivity index is 2.40. The monoisotopic (exact) mass is 283 g/mol. The van der Waals surface area contributed by atoms with Crippen LogP contribution in [0.25, 0.3) is 0 Å². The maximum Gasteiger partial charge on any atom is 0.243 e. The highest BCUT2D eigenvalue weighted by Crippen LogP contribution is 2.12. The van der Waals surface area contributed by atoms with E-state index in [0.717, 1.165) is 0 Å². The van der Waals surface area contributed by atoms with Gasteiger partial charge in [-0.1, -0.05) is 25.4 Å². The molecule has 0 aromatic heterocycles. The van der Waals surface area contributed by atoms with Crippen LogP contribution in [0.2, 0.25) is 5.02 Å². The van der Waals surface area contributed by atoms with Crippen molar-refractivity contribution >= 4 is 29.1 Å². The topological polar surface area (TPSA) is 84.2 Å². The highest BCUT2D eigenvalue weighted by molar-refractivity contribution is 6.30. The van der Waals surface area contributed by atoms with Gasteiger partial charge >= 0.3 is 0 Å². The van der Waals surface area contributed by atoms with Crippen molar-refractivity contribution in [3.05, 3.63) is 29.3 Å². The zero-order valence-electron chi connectivity index (χ0n) is 10.9. The van der Waals surface area contributed by atoms with Gasteiger partial charge < -0.3 is 16.4 Å². The zero-order valence-corrected chi connectivity index (χ0v) is 11.7. The number of rotatable bonds is 5. The van der Waals surface area contributed by atoms with Crippen LogP contribution in [0, 0.1) is 5.92 Å². The largest absolute Gasteiger partial charge is 0.346 e. The van der Waals surface area contributed by atoms with Gasteiger partial charge in [0, 0.05) is 10.7 Å². The summed E-state index contributed by atoms with van der Waals surface area (Å²) in [6, 6.07) is 6.10. The van der Waals surface area contributed by atoms with Crippen LogP contribution in [-0.4, -0.2) is 24.4 Å². The molecule has 1 rings (SSSR count). The van der Waals surface area contributed by atoms with Crippen molar-refractivity contribution in [2.75, 3.05) is 11.9 Å². The van der Waals surface area contributed by atoms with Gasteiger partial charge in [0.2, 0.25) is 11.8 Å². The second-order valence-corrected chi connectivity index (χ2v) is 4.98. The van der Waals surface area contributed by atoms with Crippen LogP contribution in [0.1, 0.15) is 13.8 Å². The molecule has 1 aromatic carbocycles. The van der Waals surface area contributed by atoms with Gasteiger partial charge in [-0.25, -0.2) is 0 Å². The maximum atomic E-state index is 11.6. The summed E-state index contributed by atoms with van der Waals surface area (Å²) < 4.78 is 0. The summed E-state index contributed by atoms with van der Waals surface area (Å²) in [6.45, 7) is 3.58. The smallest absolute Gasteiger partial charge is 0.243 e. The predicted molar refractivity (Wildman–Crippen MR) is 75.9 cm³/mol. The number of benzene rings is 1. The molecule has 0 saturated carbocycles. The Morgan fingerprint density at radius 3 is 2.37 bits per heavy atom. The number of carbonyl (C=O) groups excluding carboxylic acids is 2. The van der Waals surface area contributed by atoms with Gasteiger partial charge in [-0.05, 0) is 30.2 Å². The standard InChI is InChI=1S/C13H18ClN3O2/c1-8(2)12(15)13(19)16-7-11(18)17-10-5-3-9(14)4-6-10/h3-6,8,12H,7,15H2,1-2H3,(H,16,19)(H,17,18)/t12-/m0/s1. The Morgan fingerprint density at radius 2 is 1.84 bits per heavy atom. The van der Waals surface area contributed by atoms with Crippen molar-refractivity contribution in [1.82, 2.24) is 5.32 Å². The van der Waals surface area contributed by atoms with Crippen LogP contribution in [0.3, 0.4) is 0 Å². The quantitative estimate of drug-likeness (QED) is 0.763. The first kappa shape index (κ1) is 15.5. The number of nitrogens with two attached hydrogens (primary N) is 1. The van der Waals surface area contributed by atoms with Gasteiger partial charge in [-0.3, -0.25) is 9.59 Å². The lowest BCUT2D eigenvalue weighted by atomic mass is 10.1. The summed E-state index contributed by atoms with van der Waals surface area (Å²) in [4.78, 5) is 23.1. The molecule has 19 heavy (non-hydrogen) atoms. The van der Waals surface area contributed by atoms with Gasteiger partial charge in [0.25, 0.3) is 0 Å². The first-order chi connectivity index (χ1) is 8.90. The molecule has 6 heteroatoms. The van der Waals surface area contributed by atoms with E-state index in [9.17, 15) is 9.59 Å². The number of hydrogen-bond acceptors (Lipinski definition) is 3. The van der Waals surface area contributed by atoms with E-state index in [1.807, 2.05) is 13.8 Å². The molecule has 0 unspecified atom stereocenters. The summed E-state index contributed by atoms with van der Waals surface area (Å²) in [5.41, 5.74) is 6.28. The molecule has 4 N–H and O–H groups in total.